The van der Waals surface area contributed by atoms with E-state index in [0.29, 0.717) is 25.2 Å². The SMILES string of the molecule is CC(=O)N1CCCC2(CC(C(=O)Nc3ccccc3O)=NO2)C1. The number of nitrogens with one attached hydrogen (secondary N) is 1. The standard InChI is InChI=1S/C16H19N3O4/c1-11(20)19-8-4-7-16(10-19)9-13(18-23-16)15(22)17-12-5-2-3-6-14(12)21/h2-3,5-6,21H,4,7-10H2,1H3,(H,17,22). The maximum Gasteiger partial charge on any atom is 0.273 e. The molecule has 0 radical (unpaired) electrons. The molecule has 0 aromatic heterocycles. The van der Waals surface area contributed by atoms with Gasteiger partial charge in [-0.1, -0.05) is 17.3 Å². The molecule has 1 fully saturated rings. The molecule has 2 aliphatic rings. The first kappa shape index (κ1) is 15.3. The van der Waals surface area contributed by atoms with Crippen LogP contribution in [0.4, 0.5) is 5.69 Å². The van der Waals surface area contributed by atoms with Crippen molar-refractivity contribution in [3.63, 3.8) is 0 Å². The molecule has 2 amide bonds. The number of hydrogen-bond acceptors (Lipinski definition) is 5. The number of benzene rings is 1. The Kier molecular flexibility index (Phi) is 3.94. The van der Waals surface area contributed by atoms with Crippen molar-refractivity contribution in [1.29, 1.82) is 0 Å². The number of anilines is 1. The second-order valence-corrected chi connectivity index (χ2v) is 6.00. The Morgan fingerprint density at radius 3 is 2.91 bits per heavy atom. The fourth-order valence-electron chi connectivity index (χ4n) is 3.00. The van der Waals surface area contributed by atoms with Crippen LogP contribution < -0.4 is 5.32 Å². The molecule has 23 heavy (non-hydrogen) atoms. The van der Waals surface area contributed by atoms with E-state index in [2.05, 4.69) is 10.5 Å². The van der Waals surface area contributed by atoms with E-state index in [-0.39, 0.29) is 17.4 Å². The van der Waals surface area contributed by atoms with E-state index in [9.17, 15) is 14.7 Å². The van der Waals surface area contributed by atoms with Crippen LogP contribution in [0, 0.1) is 0 Å². The van der Waals surface area contributed by atoms with Gasteiger partial charge in [-0.15, -0.1) is 0 Å². The topological polar surface area (TPSA) is 91.2 Å². The Morgan fingerprint density at radius 1 is 1.39 bits per heavy atom. The third kappa shape index (κ3) is 3.13. The molecule has 2 N–H and O–H groups in total. The lowest BCUT2D eigenvalue weighted by Gasteiger charge is -2.37. The quantitative estimate of drug-likeness (QED) is 0.808. The number of carbonyl (C=O) groups excluding carboxylic acids is 2. The summed E-state index contributed by atoms with van der Waals surface area (Å²) in [6.07, 6.45) is 1.94. The molecule has 2 heterocycles. The predicted octanol–water partition coefficient (Wildman–Crippen LogP) is 1.49. The lowest BCUT2D eigenvalue weighted by atomic mass is 9.88. The molecular formula is C16H19N3O4. The fraction of sp³-hybridized carbons (Fsp3) is 0.438. The summed E-state index contributed by atoms with van der Waals surface area (Å²) in [5, 5.41) is 16.3. The van der Waals surface area contributed by atoms with Gasteiger partial charge in [0.05, 0.1) is 12.2 Å². The van der Waals surface area contributed by atoms with Crippen molar-refractivity contribution >= 4 is 23.2 Å². The summed E-state index contributed by atoms with van der Waals surface area (Å²) in [5.41, 5.74) is 0.00352. The van der Waals surface area contributed by atoms with Gasteiger partial charge in [-0.3, -0.25) is 9.59 Å². The summed E-state index contributed by atoms with van der Waals surface area (Å²) >= 11 is 0. The first-order valence-corrected chi connectivity index (χ1v) is 7.59. The molecule has 7 nitrogen and oxygen atoms in total. The van der Waals surface area contributed by atoms with E-state index < -0.39 is 11.5 Å². The minimum absolute atomic E-state index is 0.000200. The number of phenols is 1. The zero-order chi connectivity index (χ0) is 16.4. The van der Waals surface area contributed by atoms with Gasteiger partial charge in [-0.2, -0.15) is 0 Å². The smallest absolute Gasteiger partial charge is 0.273 e. The highest BCUT2D eigenvalue weighted by Crippen LogP contribution is 2.34. The van der Waals surface area contributed by atoms with Gasteiger partial charge in [-0.25, -0.2) is 0 Å². The monoisotopic (exact) mass is 317 g/mol. The molecule has 122 valence electrons. The normalized spacial score (nSPS) is 23.3. The van der Waals surface area contributed by atoms with Crippen LogP contribution in [0.25, 0.3) is 0 Å². The largest absolute Gasteiger partial charge is 0.506 e. The molecule has 1 aromatic rings. The van der Waals surface area contributed by atoms with E-state index in [1.807, 2.05) is 0 Å². The average Bonchev–Trinajstić information content (AvgIpc) is 2.93. The highest BCUT2D eigenvalue weighted by atomic mass is 16.7. The summed E-state index contributed by atoms with van der Waals surface area (Å²) in [5.74, 6) is -0.404. The number of amides is 2. The second kappa shape index (κ2) is 5.91. The van der Waals surface area contributed by atoms with Crippen LogP contribution in [0.5, 0.6) is 5.75 Å². The van der Waals surface area contributed by atoms with E-state index >= 15 is 0 Å². The van der Waals surface area contributed by atoms with E-state index in [0.717, 1.165) is 12.8 Å². The Labute approximate surface area is 133 Å². The van der Waals surface area contributed by atoms with Crippen molar-refractivity contribution in [1.82, 2.24) is 4.90 Å². The molecule has 0 saturated carbocycles. The number of aromatic hydroxyl groups is 1. The number of oxime groups is 1. The molecule has 7 heteroatoms. The van der Waals surface area contributed by atoms with Crippen molar-refractivity contribution in [3.05, 3.63) is 24.3 Å². The predicted molar refractivity (Wildman–Crippen MR) is 84.1 cm³/mol. The third-order valence-corrected chi connectivity index (χ3v) is 4.24. The molecular weight excluding hydrogens is 298 g/mol. The second-order valence-electron chi connectivity index (χ2n) is 6.00. The van der Waals surface area contributed by atoms with Crippen LogP contribution >= 0.6 is 0 Å². The van der Waals surface area contributed by atoms with Crippen LogP contribution in [0.15, 0.2) is 29.4 Å². The zero-order valence-electron chi connectivity index (χ0n) is 12.9. The molecule has 3 rings (SSSR count). The maximum atomic E-state index is 12.3. The van der Waals surface area contributed by atoms with Crippen molar-refractivity contribution in [2.45, 2.75) is 31.8 Å². The van der Waals surface area contributed by atoms with Gasteiger partial charge in [0.25, 0.3) is 5.91 Å². The van der Waals surface area contributed by atoms with Gasteiger partial charge in [0.15, 0.2) is 5.60 Å². The maximum absolute atomic E-state index is 12.3. The summed E-state index contributed by atoms with van der Waals surface area (Å²) in [7, 11) is 0. The fourth-order valence-corrected chi connectivity index (χ4v) is 3.00. The Hall–Kier alpha value is -2.57. The minimum Gasteiger partial charge on any atom is -0.506 e. The molecule has 1 aromatic carbocycles. The summed E-state index contributed by atoms with van der Waals surface area (Å²) in [4.78, 5) is 31.1. The van der Waals surface area contributed by atoms with Crippen LogP contribution in [0.1, 0.15) is 26.2 Å². The number of para-hydroxylation sites is 2. The van der Waals surface area contributed by atoms with Crippen LogP contribution in [-0.2, 0) is 14.4 Å². The summed E-state index contributed by atoms with van der Waals surface area (Å²) < 4.78 is 0. The minimum atomic E-state index is -0.602. The molecule has 0 aliphatic carbocycles. The van der Waals surface area contributed by atoms with Gasteiger partial charge in [0.2, 0.25) is 5.91 Å². The Bertz CT molecular complexity index is 673. The lowest BCUT2D eigenvalue weighted by Crippen LogP contribution is -2.50. The zero-order valence-corrected chi connectivity index (χ0v) is 12.9. The Balaban J connectivity index is 1.66. The lowest BCUT2D eigenvalue weighted by molar-refractivity contribution is -0.138. The third-order valence-electron chi connectivity index (χ3n) is 4.24. The van der Waals surface area contributed by atoms with Crippen LogP contribution in [0.3, 0.4) is 0 Å². The number of rotatable bonds is 2. The van der Waals surface area contributed by atoms with E-state index in [1.165, 1.54) is 13.0 Å². The molecule has 0 bridgehead atoms. The number of phenolic OH excluding ortho intramolecular Hbond substituents is 1. The number of nitrogens with zero attached hydrogens (tertiary/aromatic N) is 2. The van der Waals surface area contributed by atoms with Gasteiger partial charge < -0.3 is 20.2 Å². The van der Waals surface area contributed by atoms with Crippen molar-refractivity contribution < 1.29 is 19.5 Å². The summed E-state index contributed by atoms with van der Waals surface area (Å²) in [6, 6.07) is 6.50. The number of likely N-dealkylation sites (tertiary alicyclic amines) is 1. The highest BCUT2D eigenvalue weighted by molar-refractivity contribution is 6.43. The number of hydrogen-bond donors (Lipinski definition) is 2. The average molecular weight is 317 g/mol. The van der Waals surface area contributed by atoms with E-state index in [1.54, 1.807) is 23.1 Å². The Morgan fingerprint density at radius 2 is 2.17 bits per heavy atom. The highest BCUT2D eigenvalue weighted by Gasteiger charge is 2.45. The summed E-state index contributed by atoms with van der Waals surface area (Å²) in [6.45, 7) is 2.68. The molecule has 2 aliphatic heterocycles. The first-order chi connectivity index (χ1) is 11.0. The molecule has 1 unspecified atom stereocenters. The van der Waals surface area contributed by atoms with Crippen LogP contribution in [0.2, 0.25) is 0 Å². The van der Waals surface area contributed by atoms with Crippen molar-refractivity contribution in [3.8, 4) is 5.75 Å². The van der Waals surface area contributed by atoms with Gasteiger partial charge in [0, 0.05) is 19.9 Å². The van der Waals surface area contributed by atoms with E-state index in [4.69, 9.17) is 4.84 Å². The number of carbonyl (C=O) groups is 2. The first-order valence-electron chi connectivity index (χ1n) is 7.59. The van der Waals surface area contributed by atoms with Crippen molar-refractivity contribution in [2.75, 3.05) is 18.4 Å². The molecule has 1 atom stereocenters. The van der Waals surface area contributed by atoms with Gasteiger partial charge in [0.1, 0.15) is 11.5 Å². The van der Waals surface area contributed by atoms with Gasteiger partial charge in [-0.05, 0) is 25.0 Å². The molecule has 1 saturated heterocycles. The van der Waals surface area contributed by atoms with Crippen LogP contribution in [-0.4, -0.2) is 46.2 Å². The number of piperidine rings is 1. The molecule has 1 spiro atoms. The van der Waals surface area contributed by atoms with Gasteiger partial charge >= 0.3 is 0 Å². The van der Waals surface area contributed by atoms with Crippen molar-refractivity contribution in [2.24, 2.45) is 5.16 Å².